The molecule has 0 fully saturated rings. The molecule has 0 saturated heterocycles. The first-order valence-corrected chi connectivity index (χ1v) is 9.59. The Labute approximate surface area is 143 Å². The molecule has 2 aromatic carbocycles. The average molecular weight is 342 g/mol. The van der Waals surface area contributed by atoms with Gasteiger partial charge >= 0.3 is 0 Å². The highest BCUT2D eigenvalue weighted by Crippen LogP contribution is 2.29. The molecule has 0 bridgehead atoms. The zero-order valence-electron chi connectivity index (χ0n) is 14.0. The molecule has 5 heteroatoms. The van der Waals surface area contributed by atoms with Crippen molar-refractivity contribution in [1.29, 1.82) is 0 Å². The number of aromatic amines is 1. The maximum absolute atomic E-state index is 12.9. The lowest BCUT2D eigenvalue weighted by molar-refractivity contribution is 0.357. The van der Waals surface area contributed by atoms with Gasteiger partial charge in [0.25, 0.3) is 0 Å². The van der Waals surface area contributed by atoms with Crippen LogP contribution >= 0.6 is 0 Å². The highest BCUT2D eigenvalue weighted by atomic mass is 32.2. The van der Waals surface area contributed by atoms with Crippen LogP contribution in [0.4, 0.5) is 0 Å². The number of nitrogens with one attached hydrogen (secondary N) is 1. The lowest BCUT2D eigenvalue weighted by Gasteiger charge is -2.13. The van der Waals surface area contributed by atoms with Crippen LogP contribution in [-0.4, -0.2) is 38.4 Å². The van der Waals surface area contributed by atoms with Gasteiger partial charge in [0.05, 0.1) is 9.79 Å². The maximum Gasteiger partial charge on any atom is 0.208 e. The molecule has 0 unspecified atom stereocenters. The normalized spacial score (nSPS) is 12.1. The number of rotatable bonds is 6. The molecule has 0 amide bonds. The lowest BCUT2D eigenvalue weighted by atomic mass is 10.1. The molecule has 4 nitrogen and oxygen atoms in total. The van der Waals surface area contributed by atoms with Gasteiger partial charge in [-0.1, -0.05) is 31.2 Å². The summed E-state index contributed by atoms with van der Waals surface area (Å²) in [7, 11) is -1.43. The third-order valence-electron chi connectivity index (χ3n) is 4.37. The van der Waals surface area contributed by atoms with Crippen molar-refractivity contribution < 1.29 is 8.42 Å². The topological polar surface area (TPSA) is 53.2 Å². The molecule has 0 aliphatic heterocycles. The molecule has 3 aromatic rings. The Morgan fingerprint density at radius 3 is 2.54 bits per heavy atom. The van der Waals surface area contributed by atoms with Crippen molar-refractivity contribution in [3.8, 4) is 0 Å². The zero-order chi connectivity index (χ0) is 17.2. The first-order valence-electron chi connectivity index (χ1n) is 8.11. The van der Waals surface area contributed by atoms with Crippen molar-refractivity contribution in [2.45, 2.75) is 23.1 Å². The van der Waals surface area contributed by atoms with Crippen LogP contribution in [0.1, 0.15) is 12.5 Å². The Morgan fingerprint density at radius 1 is 1.08 bits per heavy atom. The molecule has 1 heterocycles. The predicted octanol–water partition coefficient (Wildman–Crippen LogP) is 3.49. The van der Waals surface area contributed by atoms with Gasteiger partial charge < -0.3 is 9.88 Å². The van der Waals surface area contributed by atoms with E-state index in [0.29, 0.717) is 9.79 Å². The van der Waals surface area contributed by atoms with E-state index in [2.05, 4.69) is 29.9 Å². The van der Waals surface area contributed by atoms with Gasteiger partial charge in [-0.25, -0.2) is 8.42 Å². The second kappa shape index (κ2) is 6.79. The smallest absolute Gasteiger partial charge is 0.208 e. The van der Waals surface area contributed by atoms with E-state index in [9.17, 15) is 8.42 Å². The number of fused-ring (bicyclic) bond motifs is 1. The molecule has 0 saturated carbocycles. The van der Waals surface area contributed by atoms with E-state index in [0.717, 1.165) is 36.0 Å². The van der Waals surface area contributed by atoms with Gasteiger partial charge in [0, 0.05) is 23.6 Å². The van der Waals surface area contributed by atoms with Crippen LogP contribution in [0.25, 0.3) is 10.9 Å². The fourth-order valence-corrected chi connectivity index (χ4v) is 4.17. The second-order valence-corrected chi connectivity index (χ2v) is 7.91. The molecule has 126 valence electrons. The molecular formula is C19H22N2O2S. The lowest BCUT2D eigenvalue weighted by Crippen LogP contribution is -2.20. The Bertz CT molecular complexity index is 930. The average Bonchev–Trinajstić information content (AvgIpc) is 3.04. The van der Waals surface area contributed by atoms with E-state index in [1.807, 2.05) is 18.2 Å². The van der Waals surface area contributed by atoms with Gasteiger partial charge in [0.2, 0.25) is 9.84 Å². The van der Waals surface area contributed by atoms with E-state index >= 15 is 0 Å². The molecule has 0 radical (unpaired) electrons. The number of H-pyrrole nitrogens is 1. The summed E-state index contributed by atoms with van der Waals surface area (Å²) in [5.41, 5.74) is 1.99. The predicted molar refractivity (Wildman–Crippen MR) is 97.1 cm³/mol. The van der Waals surface area contributed by atoms with Gasteiger partial charge in [0.1, 0.15) is 0 Å². The summed E-state index contributed by atoms with van der Waals surface area (Å²) >= 11 is 0. The van der Waals surface area contributed by atoms with E-state index in [-0.39, 0.29) is 0 Å². The minimum absolute atomic E-state index is 0.321. The van der Waals surface area contributed by atoms with Crippen LogP contribution in [0.5, 0.6) is 0 Å². The largest absolute Gasteiger partial charge is 0.360 e. The molecular weight excluding hydrogens is 320 g/mol. The fourth-order valence-electron chi connectivity index (χ4n) is 2.72. The minimum atomic E-state index is -3.52. The van der Waals surface area contributed by atoms with Crippen LogP contribution in [0.3, 0.4) is 0 Å². The van der Waals surface area contributed by atoms with E-state index in [1.54, 1.807) is 30.5 Å². The van der Waals surface area contributed by atoms with Crippen molar-refractivity contribution in [2.24, 2.45) is 0 Å². The van der Waals surface area contributed by atoms with Crippen LogP contribution in [0, 0.1) is 0 Å². The molecule has 24 heavy (non-hydrogen) atoms. The Morgan fingerprint density at radius 2 is 1.83 bits per heavy atom. The summed E-state index contributed by atoms with van der Waals surface area (Å²) in [6, 6.07) is 14.6. The van der Waals surface area contributed by atoms with Gasteiger partial charge in [-0.3, -0.25) is 0 Å². The second-order valence-electron chi connectivity index (χ2n) is 6.00. The third kappa shape index (κ3) is 3.23. The van der Waals surface area contributed by atoms with Gasteiger partial charge in [-0.15, -0.1) is 0 Å². The van der Waals surface area contributed by atoms with Crippen LogP contribution < -0.4 is 0 Å². The van der Waals surface area contributed by atoms with Crippen molar-refractivity contribution in [2.75, 3.05) is 20.1 Å². The molecule has 3 rings (SSSR count). The van der Waals surface area contributed by atoms with Gasteiger partial charge in [-0.05, 0) is 49.8 Å². The fraction of sp³-hybridized carbons (Fsp3) is 0.263. The van der Waals surface area contributed by atoms with Crippen molar-refractivity contribution in [3.63, 3.8) is 0 Å². The number of hydrogen-bond acceptors (Lipinski definition) is 3. The highest BCUT2D eigenvalue weighted by molar-refractivity contribution is 7.91. The first-order chi connectivity index (χ1) is 11.5. The van der Waals surface area contributed by atoms with E-state index in [1.165, 1.54) is 0 Å². The summed E-state index contributed by atoms with van der Waals surface area (Å²) < 4.78 is 25.8. The zero-order valence-corrected chi connectivity index (χ0v) is 14.8. The minimum Gasteiger partial charge on any atom is -0.360 e. The standard InChI is InChI=1S/C19H22N2O2S/c1-3-21(2)12-11-15-9-10-18-17(13-15)19(14-20-18)24(22,23)16-7-5-4-6-8-16/h4-10,13-14,20H,3,11-12H2,1-2H3. The number of hydrogen-bond donors (Lipinski definition) is 1. The number of sulfone groups is 1. The van der Waals surface area contributed by atoms with E-state index in [4.69, 9.17) is 0 Å². The van der Waals surface area contributed by atoms with Crippen molar-refractivity contribution >= 4 is 20.7 Å². The highest BCUT2D eigenvalue weighted by Gasteiger charge is 2.21. The number of nitrogens with zero attached hydrogens (tertiary/aromatic N) is 1. The van der Waals surface area contributed by atoms with Crippen molar-refractivity contribution in [3.05, 3.63) is 60.3 Å². The van der Waals surface area contributed by atoms with Crippen LogP contribution in [-0.2, 0) is 16.3 Å². The summed E-state index contributed by atoms with van der Waals surface area (Å²) in [5.74, 6) is 0. The Balaban J connectivity index is 2.00. The van der Waals surface area contributed by atoms with Crippen molar-refractivity contribution in [1.82, 2.24) is 9.88 Å². The Hall–Kier alpha value is -2.11. The molecule has 0 aliphatic rings. The Kier molecular flexibility index (Phi) is 4.73. The first kappa shape index (κ1) is 16.7. The number of likely N-dealkylation sites (N-methyl/N-ethyl adjacent to an activating group) is 1. The molecule has 1 aromatic heterocycles. The molecule has 0 atom stereocenters. The quantitative estimate of drug-likeness (QED) is 0.746. The van der Waals surface area contributed by atoms with Gasteiger partial charge in [0.15, 0.2) is 0 Å². The summed E-state index contributed by atoms with van der Waals surface area (Å²) in [6.07, 6.45) is 2.49. The summed E-state index contributed by atoms with van der Waals surface area (Å²) in [4.78, 5) is 5.98. The third-order valence-corrected chi connectivity index (χ3v) is 6.18. The van der Waals surface area contributed by atoms with Gasteiger partial charge in [-0.2, -0.15) is 0 Å². The molecule has 0 spiro atoms. The van der Waals surface area contributed by atoms with Crippen LogP contribution in [0.2, 0.25) is 0 Å². The molecule has 0 aliphatic carbocycles. The van der Waals surface area contributed by atoms with Crippen LogP contribution in [0.15, 0.2) is 64.5 Å². The number of benzene rings is 2. The monoisotopic (exact) mass is 342 g/mol. The number of aromatic nitrogens is 1. The maximum atomic E-state index is 12.9. The summed E-state index contributed by atoms with van der Waals surface area (Å²) in [5, 5.41) is 0.760. The summed E-state index contributed by atoms with van der Waals surface area (Å²) in [6.45, 7) is 4.08. The van der Waals surface area contributed by atoms with E-state index < -0.39 is 9.84 Å². The SMILES string of the molecule is CCN(C)CCc1ccc2[nH]cc(S(=O)(=O)c3ccccc3)c2c1. The molecule has 1 N–H and O–H groups in total.